The van der Waals surface area contributed by atoms with Crippen LogP contribution in [-0.4, -0.2) is 21.4 Å². The monoisotopic (exact) mass is 162 g/mol. The lowest BCUT2D eigenvalue weighted by Crippen LogP contribution is -2.36. The van der Waals surface area contributed by atoms with Crippen LogP contribution in [0.2, 0.25) is 0 Å². The molecule has 0 radical (unpaired) electrons. The van der Waals surface area contributed by atoms with E-state index in [0.29, 0.717) is 12.8 Å². The molecule has 2 heteroatoms. The second kappa shape index (κ2) is 2.68. The summed E-state index contributed by atoms with van der Waals surface area (Å²) in [5, 5.41) is 19.0. The van der Waals surface area contributed by atoms with E-state index in [9.17, 15) is 10.2 Å². The van der Waals surface area contributed by atoms with Gasteiger partial charge in [-0.25, -0.2) is 0 Å². The highest BCUT2D eigenvalue weighted by molar-refractivity contribution is 5.30. The molecule has 1 aliphatic rings. The van der Waals surface area contributed by atoms with Gasteiger partial charge in [-0.2, -0.15) is 0 Å². The third-order valence-electron chi connectivity index (χ3n) is 2.02. The van der Waals surface area contributed by atoms with E-state index in [2.05, 4.69) is 11.8 Å². The van der Waals surface area contributed by atoms with E-state index < -0.39 is 11.2 Å². The zero-order chi connectivity index (χ0) is 9.24. The van der Waals surface area contributed by atoms with Crippen molar-refractivity contribution in [2.75, 3.05) is 0 Å². The molecule has 0 saturated carbocycles. The Morgan fingerprint density at radius 2 is 1.33 bits per heavy atom. The van der Waals surface area contributed by atoms with Gasteiger partial charge in [0.05, 0.1) is 0 Å². The maximum atomic E-state index is 9.51. The molecule has 62 valence electrons. The molecule has 0 aromatic heterocycles. The normalized spacial score (nSPS) is 40.0. The van der Waals surface area contributed by atoms with Crippen LogP contribution < -0.4 is 0 Å². The molecule has 2 atom stereocenters. The van der Waals surface area contributed by atoms with E-state index in [0.717, 1.165) is 0 Å². The summed E-state index contributed by atoms with van der Waals surface area (Å²) in [7, 11) is 0. The summed E-state index contributed by atoms with van der Waals surface area (Å²) < 4.78 is 0. The smallest absolute Gasteiger partial charge is 0.144 e. The van der Waals surface area contributed by atoms with E-state index in [1.54, 1.807) is 0 Å². The Morgan fingerprint density at radius 3 is 1.50 bits per heavy atom. The van der Waals surface area contributed by atoms with Crippen molar-refractivity contribution in [3.63, 3.8) is 0 Å². The molecule has 0 spiro atoms. The molecule has 0 aromatic rings. The zero-order valence-corrected chi connectivity index (χ0v) is 6.62. The third-order valence-corrected chi connectivity index (χ3v) is 2.02. The number of hydrogen-bond donors (Lipinski definition) is 2. The molecule has 1 aliphatic carbocycles. The first-order valence-electron chi connectivity index (χ1n) is 3.64. The quantitative estimate of drug-likeness (QED) is 0.391. The van der Waals surface area contributed by atoms with E-state index in [1.165, 1.54) is 12.2 Å². The van der Waals surface area contributed by atoms with E-state index >= 15 is 0 Å². The van der Waals surface area contributed by atoms with Crippen LogP contribution in [0.3, 0.4) is 0 Å². The maximum absolute atomic E-state index is 9.51. The van der Waals surface area contributed by atoms with E-state index in [4.69, 9.17) is 12.8 Å². The largest absolute Gasteiger partial charge is 0.374 e. The fourth-order valence-corrected chi connectivity index (χ4v) is 1.06. The van der Waals surface area contributed by atoms with Gasteiger partial charge < -0.3 is 10.2 Å². The van der Waals surface area contributed by atoms with Crippen molar-refractivity contribution in [2.24, 2.45) is 0 Å². The molecule has 0 aliphatic heterocycles. The average molecular weight is 162 g/mol. The van der Waals surface area contributed by atoms with Crippen molar-refractivity contribution < 1.29 is 10.2 Å². The minimum atomic E-state index is -1.23. The molecule has 0 heterocycles. The van der Waals surface area contributed by atoms with Crippen LogP contribution in [0.1, 0.15) is 12.8 Å². The van der Waals surface area contributed by atoms with Crippen molar-refractivity contribution in [1.29, 1.82) is 0 Å². The Balaban J connectivity index is 2.88. The first-order chi connectivity index (χ1) is 5.54. The van der Waals surface area contributed by atoms with Gasteiger partial charge in [0.2, 0.25) is 0 Å². The van der Waals surface area contributed by atoms with Crippen molar-refractivity contribution in [1.82, 2.24) is 0 Å². The standard InChI is InChI=1S/C10H10O2/c1-3-9(11)5-7-10(12,4-2)8-6-9/h1-2,5,7,11-12H,6,8H2. The van der Waals surface area contributed by atoms with Gasteiger partial charge in [0.1, 0.15) is 11.2 Å². The minimum absolute atomic E-state index is 0.292. The van der Waals surface area contributed by atoms with Crippen molar-refractivity contribution in [3.8, 4) is 24.7 Å². The molecule has 12 heavy (non-hydrogen) atoms. The molecular formula is C10H10O2. The van der Waals surface area contributed by atoms with Crippen LogP contribution in [0.4, 0.5) is 0 Å². The van der Waals surface area contributed by atoms with Crippen LogP contribution in [0, 0.1) is 24.7 Å². The van der Waals surface area contributed by atoms with Crippen LogP contribution >= 0.6 is 0 Å². The van der Waals surface area contributed by atoms with Crippen molar-refractivity contribution in [3.05, 3.63) is 12.2 Å². The molecule has 2 N–H and O–H groups in total. The Morgan fingerprint density at radius 1 is 1.00 bits per heavy atom. The molecule has 2 nitrogen and oxygen atoms in total. The van der Waals surface area contributed by atoms with E-state index in [-0.39, 0.29) is 0 Å². The van der Waals surface area contributed by atoms with Gasteiger partial charge in [0.25, 0.3) is 0 Å². The zero-order valence-electron chi connectivity index (χ0n) is 6.62. The SMILES string of the molecule is C#CC1(O)C=CC(O)(C#C)CC1. The Bertz CT molecular complexity index is 262. The summed E-state index contributed by atoms with van der Waals surface area (Å²) in [4.78, 5) is 0. The second-order valence-electron chi connectivity index (χ2n) is 2.97. The Labute approximate surface area is 71.9 Å². The molecule has 1 rings (SSSR count). The highest BCUT2D eigenvalue weighted by Crippen LogP contribution is 2.27. The lowest BCUT2D eigenvalue weighted by Gasteiger charge is -2.29. The lowest BCUT2D eigenvalue weighted by molar-refractivity contribution is 0.0716. The van der Waals surface area contributed by atoms with E-state index in [1.807, 2.05) is 0 Å². The topological polar surface area (TPSA) is 40.5 Å². The number of terminal acetylenes is 2. The van der Waals surface area contributed by atoms with Gasteiger partial charge in [-0.3, -0.25) is 0 Å². The van der Waals surface area contributed by atoms with Gasteiger partial charge in [-0.1, -0.05) is 11.8 Å². The summed E-state index contributed by atoms with van der Waals surface area (Å²) in [6.45, 7) is 0. The molecule has 2 unspecified atom stereocenters. The summed E-state index contributed by atoms with van der Waals surface area (Å²) >= 11 is 0. The predicted octanol–water partition coefficient (Wildman–Crippen LogP) is 0.0650. The van der Waals surface area contributed by atoms with Gasteiger partial charge in [-0.15, -0.1) is 12.8 Å². The molecule has 0 saturated heterocycles. The fraction of sp³-hybridized carbons (Fsp3) is 0.400. The molecule has 0 amide bonds. The summed E-state index contributed by atoms with van der Waals surface area (Å²) in [5.74, 6) is 4.46. The third kappa shape index (κ3) is 1.51. The highest BCUT2D eigenvalue weighted by Gasteiger charge is 2.33. The summed E-state index contributed by atoms with van der Waals surface area (Å²) in [6, 6.07) is 0. The van der Waals surface area contributed by atoms with Crippen molar-refractivity contribution in [2.45, 2.75) is 24.0 Å². The number of rotatable bonds is 0. The van der Waals surface area contributed by atoms with Gasteiger partial charge in [0, 0.05) is 0 Å². The first-order valence-corrected chi connectivity index (χ1v) is 3.64. The van der Waals surface area contributed by atoms with Gasteiger partial charge in [0.15, 0.2) is 0 Å². The molecule has 0 fully saturated rings. The minimum Gasteiger partial charge on any atom is -0.374 e. The first kappa shape index (κ1) is 8.87. The number of hydrogen-bond acceptors (Lipinski definition) is 2. The van der Waals surface area contributed by atoms with Crippen LogP contribution in [0.15, 0.2) is 12.2 Å². The summed E-state index contributed by atoms with van der Waals surface area (Å²) in [6.07, 6.45) is 13.5. The fourth-order valence-electron chi connectivity index (χ4n) is 1.06. The molecular weight excluding hydrogens is 152 g/mol. The second-order valence-corrected chi connectivity index (χ2v) is 2.97. The average Bonchev–Trinajstić information content (AvgIpc) is 2.11. The van der Waals surface area contributed by atoms with Crippen molar-refractivity contribution >= 4 is 0 Å². The molecule has 0 bridgehead atoms. The Kier molecular flexibility index (Phi) is 1.98. The lowest BCUT2D eigenvalue weighted by atomic mass is 9.83. The van der Waals surface area contributed by atoms with Crippen LogP contribution in [0.5, 0.6) is 0 Å². The molecule has 0 aromatic carbocycles. The van der Waals surface area contributed by atoms with Gasteiger partial charge in [-0.05, 0) is 25.0 Å². The Hall–Kier alpha value is -1.22. The highest BCUT2D eigenvalue weighted by atomic mass is 16.3. The van der Waals surface area contributed by atoms with Gasteiger partial charge >= 0.3 is 0 Å². The maximum Gasteiger partial charge on any atom is 0.144 e. The predicted molar refractivity (Wildman–Crippen MR) is 45.9 cm³/mol. The summed E-state index contributed by atoms with van der Waals surface area (Å²) in [5.41, 5.74) is -2.47. The van der Waals surface area contributed by atoms with Crippen LogP contribution in [-0.2, 0) is 0 Å². The number of aliphatic hydroxyl groups is 2. The van der Waals surface area contributed by atoms with Crippen LogP contribution in [0.25, 0.3) is 0 Å².